The Hall–Kier alpha value is -3.25. The zero-order valence-corrected chi connectivity index (χ0v) is 13.7. The second-order valence-corrected chi connectivity index (χ2v) is 5.89. The molecule has 0 amide bonds. The predicted molar refractivity (Wildman–Crippen MR) is 90.4 cm³/mol. The standard InChI is InChI=1S/C15H13N5O3S/c1-22-9-3-8(4-10-12(9)19-15(18)24-10)20-6-7(5-16)11(17)13(20)14(21)23-2/h3-4,6H,17H2,1-2H3,(H2,18,19). The van der Waals surface area contributed by atoms with Crippen LogP contribution in [0.3, 0.4) is 0 Å². The van der Waals surface area contributed by atoms with Gasteiger partial charge in [-0.25, -0.2) is 9.78 Å². The molecule has 2 aromatic heterocycles. The number of nitriles is 1. The summed E-state index contributed by atoms with van der Waals surface area (Å²) in [5.74, 6) is -0.145. The summed E-state index contributed by atoms with van der Waals surface area (Å²) in [6, 6.07) is 5.44. The summed E-state index contributed by atoms with van der Waals surface area (Å²) in [6.45, 7) is 0. The molecule has 4 N–H and O–H groups in total. The molecule has 3 rings (SSSR count). The van der Waals surface area contributed by atoms with E-state index in [1.165, 1.54) is 36.3 Å². The van der Waals surface area contributed by atoms with Crippen molar-refractivity contribution in [2.75, 3.05) is 25.7 Å². The summed E-state index contributed by atoms with van der Waals surface area (Å²) in [4.78, 5) is 16.3. The Labute approximate surface area is 140 Å². The molecule has 2 heterocycles. The summed E-state index contributed by atoms with van der Waals surface area (Å²) >= 11 is 1.29. The number of carbonyl (C=O) groups is 1. The highest BCUT2D eigenvalue weighted by Gasteiger charge is 2.23. The number of nitrogens with zero attached hydrogens (tertiary/aromatic N) is 3. The van der Waals surface area contributed by atoms with Gasteiger partial charge < -0.3 is 25.5 Å². The number of thiazole rings is 1. The summed E-state index contributed by atoms with van der Waals surface area (Å²) in [5.41, 5.74) is 13.2. The van der Waals surface area contributed by atoms with E-state index in [0.29, 0.717) is 22.1 Å². The highest BCUT2D eigenvalue weighted by molar-refractivity contribution is 7.22. The van der Waals surface area contributed by atoms with Crippen LogP contribution in [0.4, 0.5) is 10.8 Å². The molecule has 3 aromatic rings. The van der Waals surface area contributed by atoms with Gasteiger partial charge in [0, 0.05) is 12.3 Å². The second kappa shape index (κ2) is 5.75. The van der Waals surface area contributed by atoms with Crippen molar-refractivity contribution >= 4 is 38.3 Å². The molecular weight excluding hydrogens is 330 g/mol. The van der Waals surface area contributed by atoms with Crippen molar-refractivity contribution in [2.24, 2.45) is 0 Å². The van der Waals surface area contributed by atoms with Gasteiger partial charge in [0.25, 0.3) is 0 Å². The SMILES string of the molecule is COC(=O)c1c(N)c(C#N)cn1-c1cc(OC)c2nc(N)sc2c1. The van der Waals surface area contributed by atoms with Crippen LogP contribution in [0.25, 0.3) is 15.9 Å². The van der Waals surface area contributed by atoms with Crippen LogP contribution in [0.15, 0.2) is 18.3 Å². The van der Waals surface area contributed by atoms with Gasteiger partial charge in [-0.2, -0.15) is 5.26 Å². The molecule has 0 saturated heterocycles. The molecule has 24 heavy (non-hydrogen) atoms. The van der Waals surface area contributed by atoms with Gasteiger partial charge in [0.1, 0.15) is 17.3 Å². The van der Waals surface area contributed by atoms with Crippen molar-refractivity contribution in [2.45, 2.75) is 0 Å². The maximum atomic E-state index is 12.1. The molecule has 122 valence electrons. The molecule has 0 aliphatic rings. The average Bonchev–Trinajstić information content (AvgIpc) is 3.11. The molecule has 0 bridgehead atoms. The molecule has 0 spiro atoms. The van der Waals surface area contributed by atoms with Crippen molar-refractivity contribution in [1.29, 1.82) is 5.26 Å². The van der Waals surface area contributed by atoms with E-state index in [0.717, 1.165) is 4.70 Å². The average molecular weight is 343 g/mol. The van der Waals surface area contributed by atoms with Crippen molar-refractivity contribution in [1.82, 2.24) is 9.55 Å². The molecule has 0 unspecified atom stereocenters. The number of methoxy groups -OCH3 is 2. The molecule has 0 aliphatic carbocycles. The Morgan fingerprint density at radius 1 is 1.38 bits per heavy atom. The minimum Gasteiger partial charge on any atom is -0.494 e. The zero-order chi connectivity index (χ0) is 17.4. The molecule has 0 fully saturated rings. The van der Waals surface area contributed by atoms with Crippen molar-refractivity contribution in [3.8, 4) is 17.5 Å². The van der Waals surface area contributed by atoms with Crippen molar-refractivity contribution < 1.29 is 14.3 Å². The van der Waals surface area contributed by atoms with Gasteiger partial charge in [-0.15, -0.1) is 0 Å². The van der Waals surface area contributed by atoms with E-state index >= 15 is 0 Å². The third kappa shape index (κ3) is 2.29. The lowest BCUT2D eigenvalue weighted by Crippen LogP contribution is -2.11. The Kier molecular flexibility index (Phi) is 3.75. The normalized spacial score (nSPS) is 10.5. The van der Waals surface area contributed by atoms with Gasteiger partial charge in [-0.05, 0) is 6.07 Å². The molecular formula is C15H13N5O3S. The maximum Gasteiger partial charge on any atom is 0.357 e. The summed E-state index contributed by atoms with van der Waals surface area (Å²) in [7, 11) is 2.76. The lowest BCUT2D eigenvalue weighted by Gasteiger charge is -2.10. The van der Waals surface area contributed by atoms with E-state index in [1.54, 1.807) is 12.1 Å². The first-order valence-corrected chi connectivity index (χ1v) is 7.55. The fourth-order valence-corrected chi connectivity index (χ4v) is 3.20. The number of rotatable bonds is 3. The number of carbonyl (C=O) groups excluding carboxylic acids is 1. The lowest BCUT2D eigenvalue weighted by atomic mass is 10.2. The third-order valence-electron chi connectivity index (χ3n) is 3.50. The summed E-state index contributed by atoms with van der Waals surface area (Å²) in [5, 5.41) is 9.59. The number of anilines is 2. The van der Waals surface area contributed by atoms with Crippen LogP contribution in [-0.4, -0.2) is 29.7 Å². The van der Waals surface area contributed by atoms with Crippen LogP contribution in [0, 0.1) is 11.3 Å². The summed E-state index contributed by atoms with van der Waals surface area (Å²) < 4.78 is 12.4. The van der Waals surface area contributed by atoms with Gasteiger partial charge in [0.05, 0.1) is 35.9 Å². The fraction of sp³-hybridized carbons (Fsp3) is 0.133. The van der Waals surface area contributed by atoms with E-state index in [9.17, 15) is 10.1 Å². The van der Waals surface area contributed by atoms with Crippen LogP contribution in [-0.2, 0) is 4.74 Å². The largest absolute Gasteiger partial charge is 0.494 e. The number of hydrogen-bond acceptors (Lipinski definition) is 8. The first-order chi connectivity index (χ1) is 11.5. The minimum absolute atomic E-state index is 0.0623. The number of fused-ring (bicyclic) bond motifs is 1. The van der Waals surface area contributed by atoms with E-state index in [2.05, 4.69) is 4.98 Å². The Bertz CT molecular complexity index is 999. The second-order valence-electron chi connectivity index (χ2n) is 4.83. The number of esters is 1. The number of nitrogen functional groups attached to an aromatic ring is 2. The molecule has 1 aromatic carbocycles. The van der Waals surface area contributed by atoms with Gasteiger partial charge in [-0.1, -0.05) is 11.3 Å². The first-order valence-electron chi connectivity index (χ1n) is 6.73. The van der Waals surface area contributed by atoms with Crippen LogP contribution in [0.5, 0.6) is 5.75 Å². The number of aromatic nitrogens is 2. The Balaban J connectivity index is 2.31. The van der Waals surface area contributed by atoms with E-state index in [4.69, 9.17) is 20.9 Å². The Morgan fingerprint density at radius 2 is 2.12 bits per heavy atom. The van der Waals surface area contributed by atoms with Gasteiger partial charge in [0.15, 0.2) is 10.8 Å². The highest BCUT2D eigenvalue weighted by Crippen LogP contribution is 2.35. The molecule has 0 atom stereocenters. The monoisotopic (exact) mass is 343 g/mol. The zero-order valence-electron chi connectivity index (χ0n) is 12.9. The van der Waals surface area contributed by atoms with Gasteiger partial charge in [0.2, 0.25) is 0 Å². The van der Waals surface area contributed by atoms with Crippen LogP contribution >= 0.6 is 11.3 Å². The summed E-state index contributed by atoms with van der Waals surface area (Å²) in [6.07, 6.45) is 1.48. The third-order valence-corrected chi connectivity index (χ3v) is 4.33. The minimum atomic E-state index is -0.642. The molecule has 0 aliphatic heterocycles. The number of hydrogen-bond donors (Lipinski definition) is 2. The number of nitrogens with two attached hydrogens (primary N) is 2. The lowest BCUT2D eigenvalue weighted by molar-refractivity contribution is 0.0593. The predicted octanol–water partition coefficient (Wildman–Crippen LogP) is 1.92. The first kappa shape index (κ1) is 15.6. The Morgan fingerprint density at radius 3 is 2.75 bits per heavy atom. The quantitative estimate of drug-likeness (QED) is 0.695. The number of benzene rings is 1. The van der Waals surface area contributed by atoms with Crippen LogP contribution < -0.4 is 16.2 Å². The van der Waals surface area contributed by atoms with Crippen LogP contribution in [0.1, 0.15) is 16.1 Å². The smallest absolute Gasteiger partial charge is 0.357 e. The topological polar surface area (TPSA) is 129 Å². The van der Waals surface area contributed by atoms with E-state index in [-0.39, 0.29) is 16.9 Å². The van der Waals surface area contributed by atoms with Gasteiger partial charge >= 0.3 is 5.97 Å². The maximum absolute atomic E-state index is 12.1. The van der Waals surface area contributed by atoms with Gasteiger partial charge in [-0.3, -0.25) is 0 Å². The van der Waals surface area contributed by atoms with Crippen molar-refractivity contribution in [3.63, 3.8) is 0 Å². The molecule has 8 nitrogen and oxygen atoms in total. The molecule has 0 saturated carbocycles. The van der Waals surface area contributed by atoms with Crippen molar-refractivity contribution in [3.05, 3.63) is 29.6 Å². The fourth-order valence-electron chi connectivity index (χ4n) is 2.42. The van der Waals surface area contributed by atoms with E-state index in [1.807, 2.05) is 6.07 Å². The highest BCUT2D eigenvalue weighted by atomic mass is 32.1. The van der Waals surface area contributed by atoms with E-state index < -0.39 is 5.97 Å². The number of ether oxygens (including phenoxy) is 2. The van der Waals surface area contributed by atoms with Crippen LogP contribution in [0.2, 0.25) is 0 Å². The molecule has 0 radical (unpaired) electrons. The molecule has 9 heteroatoms.